The highest BCUT2D eigenvalue weighted by atomic mass is 19.3. The highest BCUT2D eigenvalue weighted by Gasteiger charge is 2.21. The molecule has 140 valence electrons. The van der Waals surface area contributed by atoms with Crippen LogP contribution in [0.2, 0.25) is 0 Å². The zero-order valence-electron chi connectivity index (χ0n) is 15.0. The van der Waals surface area contributed by atoms with Crippen LogP contribution < -0.4 is 10.1 Å². The van der Waals surface area contributed by atoms with Crippen molar-refractivity contribution < 1.29 is 18.3 Å². The third kappa shape index (κ3) is 4.51. The topological polar surface area (TPSA) is 56.2 Å². The van der Waals surface area contributed by atoms with Crippen molar-refractivity contribution in [1.82, 2.24) is 9.78 Å². The van der Waals surface area contributed by atoms with Crippen molar-refractivity contribution in [3.05, 3.63) is 18.2 Å². The van der Waals surface area contributed by atoms with Gasteiger partial charge in [-0.25, -0.2) is 4.68 Å². The van der Waals surface area contributed by atoms with E-state index in [0.717, 1.165) is 25.7 Å². The first kappa shape index (κ1) is 19.7. The van der Waals surface area contributed by atoms with Crippen molar-refractivity contribution >= 4 is 22.6 Å². The number of halogens is 2. The lowest BCUT2D eigenvalue weighted by Gasteiger charge is -2.14. The summed E-state index contributed by atoms with van der Waals surface area (Å²) in [7, 11) is 0. The quantitative estimate of drug-likeness (QED) is 0.671. The van der Waals surface area contributed by atoms with Gasteiger partial charge in [0.2, 0.25) is 5.91 Å². The van der Waals surface area contributed by atoms with Gasteiger partial charge in [0, 0.05) is 11.3 Å². The highest BCUT2D eigenvalue weighted by Crippen LogP contribution is 2.32. The highest BCUT2D eigenvalue weighted by molar-refractivity contribution is 6.02. The third-order valence-corrected chi connectivity index (χ3v) is 4.08. The number of ether oxygens (including phenoxy) is 1. The summed E-state index contributed by atoms with van der Waals surface area (Å²) in [5.74, 6) is 2.47. The summed E-state index contributed by atoms with van der Waals surface area (Å²) >= 11 is 0. The van der Waals surface area contributed by atoms with Crippen LogP contribution in [-0.2, 0) is 11.3 Å². The van der Waals surface area contributed by atoms with Gasteiger partial charge in [-0.05, 0) is 25.0 Å². The lowest BCUT2D eigenvalue weighted by atomic mass is 9.97. The Kier molecular flexibility index (Phi) is 6.96. The normalized spacial score (nSPS) is 11.1. The molecule has 1 aromatic carbocycles. The van der Waals surface area contributed by atoms with E-state index in [0.29, 0.717) is 16.7 Å². The molecule has 0 unspecified atom stereocenters. The van der Waals surface area contributed by atoms with Crippen molar-refractivity contribution in [1.29, 1.82) is 0 Å². The average molecular weight is 363 g/mol. The molecule has 26 heavy (non-hydrogen) atoms. The van der Waals surface area contributed by atoms with Crippen LogP contribution in [0.5, 0.6) is 5.75 Å². The Bertz CT molecular complexity index is 790. The number of rotatable bonds is 9. The number of hydrogen-bond donors (Lipinski definition) is 1. The number of carbonyl (C=O) groups is 1. The molecule has 0 aliphatic rings. The number of nitrogens with zero attached hydrogens (tertiary/aromatic N) is 2. The number of nitrogens with one attached hydrogen (secondary N) is 1. The fourth-order valence-electron chi connectivity index (χ4n) is 3.01. The molecule has 1 amide bonds. The monoisotopic (exact) mass is 363 g/mol. The Balaban J connectivity index is 2.41. The predicted molar refractivity (Wildman–Crippen MR) is 97.1 cm³/mol. The molecule has 1 heterocycles. The number of alkyl halides is 2. The number of fused-ring (bicyclic) bond motifs is 1. The summed E-state index contributed by atoms with van der Waals surface area (Å²) in [5.41, 5.74) is 0.337. The Morgan fingerprint density at radius 2 is 2.04 bits per heavy atom. The molecule has 0 saturated carbocycles. The number of hydrogen-bond acceptors (Lipinski definition) is 3. The molecule has 5 nitrogen and oxygen atoms in total. The first-order valence-corrected chi connectivity index (χ1v) is 8.70. The number of anilines is 1. The smallest absolute Gasteiger partial charge is 0.387 e. The van der Waals surface area contributed by atoms with Crippen molar-refractivity contribution in [2.45, 2.75) is 52.7 Å². The molecular weight excluding hydrogens is 340 g/mol. The molecule has 2 aromatic rings. The summed E-state index contributed by atoms with van der Waals surface area (Å²) in [5, 5.41) is 7.65. The summed E-state index contributed by atoms with van der Waals surface area (Å²) in [4.78, 5) is 12.6. The van der Waals surface area contributed by atoms with Crippen LogP contribution in [0.3, 0.4) is 0 Å². The lowest BCUT2D eigenvalue weighted by Crippen LogP contribution is -2.23. The minimum Gasteiger partial charge on any atom is -0.433 e. The van der Waals surface area contributed by atoms with Crippen LogP contribution in [0.15, 0.2) is 18.2 Å². The zero-order valence-corrected chi connectivity index (χ0v) is 15.0. The van der Waals surface area contributed by atoms with E-state index < -0.39 is 6.61 Å². The van der Waals surface area contributed by atoms with Gasteiger partial charge in [-0.2, -0.15) is 13.9 Å². The Labute approximate surface area is 151 Å². The van der Waals surface area contributed by atoms with E-state index >= 15 is 0 Å². The van der Waals surface area contributed by atoms with Gasteiger partial charge in [-0.3, -0.25) is 4.79 Å². The van der Waals surface area contributed by atoms with Crippen LogP contribution in [0.25, 0.3) is 10.9 Å². The molecule has 0 atom stereocenters. The fourth-order valence-corrected chi connectivity index (χ4v) is 3.01. The molecule has 0 spiro atoms. The van der Waals surface area contributed by atoms with Crippen LogP contribution in [-0.4, -0.2) is 22.3 Å². The molecule has 1 aromatic heterocycles. The Morgan fingerprint density at radius 3 is 2.62 bits per heavy atom. The second-order valence-electron chi connectivity index (χ2n) is 6.00. The van der Waals surface area contributed by atoms with E-state index in [2.05, 4.69) is 21.1 Å². The van der Waals surface area contributed by atoms with Crippen molar-refractivity contribution in [2.24, 2.45) is 5.92 Å². The number of benzene rings is 1. The minimum atomic E-state index is -2.97. The average Bonchev–Trinajstić information content (AvgIpc) is 2.93. The predicted octanol–water partition coefficient (Wildman–Crippen LogP) is 4.43. The fraction of sp³-hybridized carbons (Fsp3) is 0.474. The molecule has 2 rings (SSSR count). The van der Waals surface area contributed by atoms with Crippen molar-refractivity contribution in [3.63, 3.8) is 0 Å². The summed E-state index contributed by atoms with van der Waals surface area (Å²) < 4.78 is 31.4. The second-order valence-corrected chi connectivity index (χ2v) is 6.00. The Morgan fingerprint density at radius 1 is 1.35 bits per heavy atom. The number of carbonyl (C=O) groups excluding carboxylic acids is 1. The maximum Gasteiger partial charge on any atom is 0.387 e. The maximum atomic E-state index is 12.7. The number of amides is 1. The van der Waals surface area contributed by atoms with E-state index in [1.54, 1.807) is 12.1 Å². The van der Waals surface area contributed by atoms with Gasteiger partial charge in [0.15, 0.2) is 11.6 Å². The minimum absolute atomic E-state index is 0.0283. The van der Waals surface area contributed by atoms with Crippen molar-refractivity contribution in [2.75, 3.05) is 5.32 Å². The number of aromatic nitrogens is 2. The largest absolute Gasteiger partial charge is 0.433 e. The molecule has 1 N–H and O–H groups in total. The van der Waals surface area contributed by atoms with Crippen LogP contribution in [0.1, 0.15) is 39.5 Å². The van der Waals surface area contributed by atoms with Gasteiger partial charge >= 0.3 is 6.61 Å². The number of para-hydroxylation sites is 1. The van der Waals surface area contributed by atoms with Crippen LogP contribution >= 0.6 is 0 Å². The standard InChI is InChI=1S/C19H23F2N3O2/c1-4-8-13(9-5-2)18(25)22-17-14-10-7-11-15(26-19(20)21)16(14)24(23-17)12-6-3/h3,7,10-11,13,19H,4-5,8-9,12H2,1-2H3,(H,22,23,25). The van der Waals surface area contributed by atoms with Gasteiger partial charge in [0.1, 0.15) is 12.1 Å². The van der Waals surface area contributed by atoms with Gasteiger partial charge in [-0.15, -0.1) is 6.42 Å². The first-order chi connectivity index (χ1) is 12.5. The third-order valence-electron chi connectivity index (χ3n) is 4.08. The molecule has 0 radical (unpaired) electrons. The van der Waals surface area contributed by atoms with Gasteiger partial charge in [-0.1, -0.05) is 38.7 Å². The molecule has 0 saturated heterocycles. The molecule has 0 fully saturated rings. The van der Waals surface area contributed by atoms with Gasteiger partial charge < -0.3 is 10.1 Å². The molecule has 0 aliphatic carbocycles. The summed E-state index contributed by atoms with van der Waals surface area (Å²) in [6.45, 7) is 1.16. The van der Waals surface area contributed by atoms with E-state index in [-0.39, 0.29) is 24.1 Å². The Hall–Kier alpha value is -2.62. The van der Waals surface area contributed by atoms with E-state index in [1.807, 2.05) is 13.8 Å². The first-order valence-electron chi connectivity index (χ1n) is 8.70. The lowest BCUT2D eigenvalue weighted by molar-refractivity contribution is -0.120. The van der Waals surface area contributed by atoms with Crippen LogP contribution in [0, 0.1) is 18.3 Å². The molecular formula is C19H23F2N3O2. The summed E-state index contributed by atoms with van der Waals surface area (Å²) in [6, 6.07) is 4.69. The SMILES string of the molecule is C#CCn1nc(NC(=O)C(CCC)CCC)c2cccc(OC(F)F)c21. The van der Waals surface area contributed by atoms with E-state index in [9.17, 15) is 13.6 Å². The van der Waals surface area contributed by atoms with Gasteiger partial charge in [0.25, 0.3) is 0 Å². The molecule has 7 heteroatoms. The van der Waals surface area contributed by atoms with E-state index in [1.165, 1.54) is 10.7 Å². The van der Waals surface area contributed by atoms with Gasteiger partial charge in [0.05, 0.1) is 0 Å². The van der Waals surface area contributed by atoms with E-state index in [4.69, 9.17) is 6.42 Å². The molecule has 0 aliphatic heterocycles. The maximum absolute atomic E-state index is 12.7. The van der Waals surface area contributed by atoms with Crippen LogP contribution in [0.4, 0.5) is 14.6 Å². The second kappa shape index (κ2) is 9.18. The zero-order chi connectivity index (χ0) is 19.1. The summed E-state index contributed by atoms with van der Waals surface area (Å²) in [6.07, 6.45) is 8.71. The van der Waals surface area contributed by atoms with Crippen molar-refractivity contribution in [3.8, 4) is 18.1 Å². The molecule has 0 bridgehead atoms. The number of terminal acetylenes is 1.